The summed E-state index contributed by atoms with van der Waals surface area (Å²) in [6, 6.07) is 25.1. The number of aryl methyl sites for hydroxylation is 1. The largest absolute Gasteiger partial charge is 0.346 e. The fourth-order valence-corrected chi connectivity index (χ4v) is 4.80. The molecule has 1 aromatic heterocycles. The summed E-state index contributed by atoms with van der Waals surface area (Å²) in [5.41, 5.74) is 8.36. The number of nitrogens with zero attached hydrogens (tertiary/aromatic N) is 1. The number of carbonyl (C=O) groups excluding carboxylic acids is 1. The molecule has 5 rings (SSSR count). The van der Waals surface area contributed by atoms with Crippen LogP contribution in [-0.2, 0) is 0 Å². The van der Waals surface area contributed by atoms with Crippen molar-refractivity contribution in [3.8, 4) is 0 Å². The fourth-order valence-electron chi connectivity index (χ4n) is 4.80. The third-order valence-corrected chi connectivity index (χ3v) is 6.85. The van der Waals surface area contributed by atoms with E-state index in [4.69, 9.17) is 0 Å². The quantitative estimate of drug-likeness (QED) is 0.371. The van der Waals surface area contributed by atoms with Crippen molar-refractivity contribution in [1.82, 2.24) is 15.6 Å². The van der Waals surface area contributed by atoms with Crippen LogP contribution in [0.4, 0.5) is 0 Å². The standard InChI is InChI=1S/C31H31N3O/c1-21-3-5-25(6-4-21)30(27-14-16-32-17-15-27)26-10-7-23(8-11-26)22(2)34-31(35)28-12-9-24-13-18-33-20-29(24)19-28/h3-13,18-20,22,32H,14-17H2,1-2H3,(H,34,35)/t22-/m1/s1. The van der Waals surface area contributed by atoms with E-state index in [-0.39, 0.29) is 11.9 Å². The summed E-state index contributed by atoms with van der Waals surface area (Å²) < 4.78 is 0. The minimum Gasteiger partial charge on any atom is -0.346 e. The highest BCUT2D eigenvalue weighted by atomic mass is 16.1. The van der Waals surface area contributed by atoms with Crippen LogP contribution in [0, 0.1) is 6.92 Å². The van der Waals surface area contributed by atoms with E-state index >= 15 is 0 Å². The van der Waals surface area contributed by atoms with Crippen molar-refractivity contribution in [1.29, 1.82) is 0 Å². The number of piperidine rings is 1. The molecule has 3 aromatic carbocycles. The zero-order chi connectivity index (χ0) is 24.2. The van der Waals surface area contributed by atoms with Crippen molar-refractivity contribution in [2.45, 2.75) is 32.7 Å². The Hall–Kier alpha value is -3.76. The van der Waals surface area contributed by atoms with Crippen LogP contribution in [0.3, 0.4) is 0 Å². The first-order chi connectivity index (χ1) is 17.1. The average molecular weight is 462 g/mol. The van der Waals surface area contributed by atoms with Crippen LogP contribution in [0.15, 0.2) is 90.8 Å². The summed E-state index contributed by atoms with van der Waals surface area (Å²) in [4.78, 5) is 17.1. The number of amides is 1. The SMILES string of the molecule is Cc1ccc(C(=C2CCNCC2)c2ccc([C@@H](C)NC(=O)c3ccc4ccncc4c3)cc2)cc1. The lowest BCUT2D eigenvalue weighted by molar-refractivity contribution is 0.0940. The van der Waals surface area contributed by atoms with E-state index in [0.717, 1.165) is 42.3 Å². The maximum absolute atomic E-state index is 12.9. The second-order valence-electron chi connectivity index (χ2n) is 9.35. The second kappa shape index (κ2) is 10.2. The zero-order valence-corrected chi connectivity index (χ0v) is 20.3. The molecule has 4 nitrogen and oxygen atoms in total. The number of aromatic nitrogens is 1. The zero-order valence-electron chi connectivity index (χ0n) is 20.3. The highest BCUT2D eigenvalue weighted by molar-refractivity contribution is 5.98. The van der Waals surface area contributed by atoms with Gasteiger partial charge < -0.3 is 10.6 Å². The number of carbonyl (C=O) groups is 1. The van der Waals surface area contributed by atoms with Gasteiger partial charge in [-0.25, -0.2) is 0 Å². The second-order valence-corrected chi connectivity index (χ2v) is 9.35. The summed E-state index contributed by atoms with van der Waals surface area (Å²) in [5, 5.41) is 8.66. The Morgan fingerprint density at radius 3 is 2.23 bits per heavy atom. The van der Waals surface area contributed by atoms with Crippen molar-refractivity contribution >= 4 is 22.3 Å². The first kappa shape index (κ1) is 23.0. The summed E-state index contributed by atoms with van der Waals surface area (Å²) in [6.07, 6.45) is 5.69. The molecular formula is C31H31N3O. The highest BCUT2D eigenvalue weighted by Gasteiger charge is 2.16. The Balaban J connectivity index is 1.37. The van der Waals surface area contributed by atoms with Crippen LogP contribution < -0.4 is 10.6 Å². The predicted octanol–water partition coefficient (Wildman–Crippen LogP) is 6.22. The molecule has 1 atom stereocenters. The fraction of sp³-hybridized carbons (Fsp3) is 0.226. The Labute approximate surface area is 207 Å². The van der Waals surface area contributed by atoms with Gasteiger partial charge in [0.25, 0.3) is 5.91 Å². The monoisotopic (exact) mass is 461 g/mol. The maximum atomic E-state index is 12.9. The molecule has 35 heavy (non-hydrogen) atoms. The smallest absolute Gasteiger partial charge is 0.251 e. The van der Waals surface area contributed by atoms with E-state index < -0.39 is 0 Å². The molecule has 1 saturated heterocycles. The Morgan fingerprint density at radius 2 is 1.51 bits per heavy atom. The molecule has 1 aliphatic heterocycles. The molecule has 1 amide bonds. The van der Waals surface area contributed by atoms with Gasteiger partial charge in [-0.05, 0) is 85.6 Å². The number of benzene rings is 3. The van der Waals surface area contributed by atoms with Gasteiger partial charge in [0.15, 0.2) is 0 Å². The molecule has 0 spiro atoms. The van der Waals surface area contributed by atoms with Gasteiger partial charge in [0.05, 0.1) is 6.04 Å². The number of rotatable bonds is 5. The van der Waals surface area contributed by atoms with Crippen molar-refractivity contribution in [2.24, 2.45) is 0 Å². The van der Waals surface area contributed by atoms with E-state index in [0.29, 0.717) is 5.56 Å². The van der Waals surface area contributed by atoms with Gasteiger partial charge in [-0.1, -0.05) is 65.7 Å². The lowest BCUT2D eigenvalue weighted by Gasteiger charge is -2.22. The van der Waals surface area contributed by atoms with E-state index in [2.05, 4.69) is 71.1 Å². The Bertz CT molecular complexity index is 1360. The van der Waals surface area contributed by atoms with Gasteiger partial charge in [-0.2, -0.15) is 0 Å². The molecule has 0 bridgehead atoms. The summed E-state index contributed by atoms with van der Waals surface area (Å²) in [5.74, 6) is -0.0792. The minimum absolute atomic E-state index is 0.0792. The molecule has 176 valence electrons. The Morgan fingerprint density at radius 1 is 0.857 bits per heavy atom. The van der Waals surface area contributed by atoms with Crippen LogP contribution in [-0.4, -0.2) is 24.0 Å². The summed E-state index contributed by atoms with van der Waals surface area (Å²) >= 11 is 0. The molecule has 2 N–H and O–H groups in total. The highest BCUT2D eigenvalue weighted by Crippen LogP contribution is 2.32. The van der Waals surface area contributed by atoms with Gasteiger partial charge in [0, 0.05) is 23.3 Å². The first-order valence-electron chi connectivity index (χ1n) is 12.3. The minimum atomic E-state index is -0.101. The molecule has 1 fully saturated rings. The third kappa shape index (κ3) is 5.18. The number of nitrogens with one attached hydrogen (secondary N) is 2. The lowest BCUT2D eigenvalue weighted by atomic mass is 9.88. The van der Waals surface area contributed by atoms with Crippen LogP contribution in [0.1, 0.15) is 58.4 Å². The number of hydrogen-bond donors (Lipinski definition) is 2. The van der Waals surface area contributed by atoms with Crippen molar-refractivity contribution in [3.05, 3.63) is 119 Å². The summed E-state index contributed by atoms with van der Waals surface area (Å²) in [7, 11) is 0. The first-order valence-corrected chi connectivity index (χ1v) is 12.3. The van der Waals surface area contributed by atoms with Gasteiger partial charge in [-0.15, -0.1) is 0 Å². The van der Waals surface area contributed by atoms with Crippen LogP contribution in [0.2, 0.25) is 0 Å². The van der Waals surface area contributed by atoms with Gasteiger partial charge in [0.1, 0.15) is 0 Å². The molecule has 1 aliphatic rings. The summed E-state index contributed by atoms with van der Waals surface area (Å²) in [6.45, 7) is 6.20. The molecule has 2 heterocycles. The molecule has 4 heteroatoms. The lowest BCUT2D eigenvalue weighted by Crippen LogP contribution is -2.26. The molecule has 0 aliphatic carbocycles. The molecule has 0 saturated carbocycles. The molecular weight excluding hydrogens is 430 g/mol. The van der Waals surface area contributed by atoms with Crippen molar-refractivity contribution < 1.29 is 4.79 Å². The molecule has 4 aromatic rings. The van der Waals surface area contributed by atoms with Crippen LogP contribution >= 0.6 is 0 Å². The van der Waals surface area contributed by atoms with E-state index in [9.17, 15) is 4.79 Å². The van der Waals surface area contributed by atoms with Crippen LogP contribution in [0.5, 0.6) is 0 Å². The van der Waals surface area contributed by atoms with Crippen molar-refractivity contribution in [3.63, 3.8) is 0 Å². The van der Waals surface area contributed by atoms with Crippen LogP contribution in [0.25, 0.3) is 16.3 Å². The maximum Gasteiger partial charge on any atom is 0.251 e. The van der Waals surface area contributed by atoms with Crippen molar-refractivity contribution in [2.75, 3.05) is 13.1 Å². The third-order valence-electron chi connectivity index (χ3n) is 6.85. The normalized spacial score (nSPS) is 14.5. The van der Waals surface area contributed by atoms with Gasteiger partial charge in [0.2, 0.25) is 0 Å². The van der Waals surface area contributed by atoms with E-state index in [1.54, 1.807) is 12.4 Å². The molecule has 0 unspecified atom stereocenters. The number of fused-ring (bicyclic) bond motifs is 1. The predicted molar refractivity (Wildman–Crippen MR) is 143 cm³/mol. The topological polar surface area (TPSA) is 54.0 Å². The van der Waals surface area contributed by atoms with Gasteiger partial charge >= 0.3 is 0 Å². The van der Waals surface area contributed by atoms with E-state index in [1.165, 1.54) is 27.8 Å². The Kier molecular flexibility index (Phi) is 6.73. The number of pyridine rings is 1. The molecule has 0 radical (unpaired) electrons. The van der Waals surface area contributed by atoms with Gasteiger partial charge in [-0.3, -0.25) is 9.78 Å². The van der Waals surface area contributed by atoms with E-state index in [1.807, 2.05) is 31.2 Å². The number of hydrogen-bond acceptors (Lipinski definition) is 3. The average Bonchev–Trinajstić information content (AvgIpc) is 2.90.